The van der Waals surface area contributed by atoms with Crippen LogP contribution in [0.2, 0.25) is 5.02 Å². The molecule has 0 saturated carbocycles. The van der Waals surface area contributed by atoms with Gasteiger partial charge in [-0.1, -0.05) is 29.8 Å². The molecular weight excluding hydrogens is 424 g/mol. The Kier molecular flexibility index (Phi) is 6.50. The van der Waals surface area contributed by atoms with Crippen molar-refractivity contribution in [1.82, 2.24) is 5.32 Å². The van der Waals surface area contributed by atoms with Crippen LogP contribution in [0.1, 0.15) is 21.5 Å². The van der Waals surface area contributed by atoms with Gasteiger partial charge in [-0.15, -0.1) is 0 Å². The maximum absolute atomic E-state index is 12.7. The van der Waals surface area contributed by atoms with Crippen molar-refractivity contribution < 1.29 is 19.1 Å². The average Bonchev–Trinajstić information content (AvgIpc) is 2.57. The fraction of sp³-hybridized carbons (Fsp3) is 0.222. The predicted octanol–water partition coefficient (Wildman–Crippen LogP) is 4.70. The summed E-state index contributed by atoms with van der Waals surface area (Å²) in [7, 11) is 2.78. The minimum absolute atomic E-state index is 0.0195. The Bertz CT molecular complexity index is 822. The van der Waals surface area contributed by atoms with E-state index >= 15 is 0 Å². The number of hydrogen-bond acceptors (Lipinski definition) is 4. The lowest BCUT2D eigenvalue weighted by Crippen LogP contribution is -2.35. The summed E-state index contributed by atoms with van der Waals surface area (Å²) in [5.74, 6) is -0.377. The summed E-state index contributed by atoms with van der Waals surface area (Å²) < 4.78 is 10.9. The van der Waals surface area contributed by atoms with E-state index in [0.29, 0.717) is 10.2 Å². The molecule has 0 bridgehead atoms. The highest BCUT2D eigenvalue weighted by Crippen LogP contribution is 2.41. The molecule has 2 rings (SSSR count). The third-order valence-electron chi connectivity index (χ3n) is 3.72. The minimum Gasteiger partial charge on any atom is -0.495 e. The van der Waals surface area contributed by atoms with Crippen LogP contribution in [0, 0.1) is 13.8 Å². The van der Waals surface area contributed by atoms with Gasteiger partial charge in [-0.3, -0.25) is 10.1 Å². The summed E-state index contributed by atoms with van der Waals surface area (Å²) in [4.78, 5) is 25.0. The van der Waals surface area contributed by atoms with Crippen LogP contribution >= 0.6 is 27.5 Å². The van der Waals surface area contributed by atoms with Gasteiger partial charge in [0.15, 0.2) is 5.75 Å². The van der Waals surface area contributed by atoms with Crippen molar-refractivity contribution in [3.63, 3.8) is 0 Å². The average molecular weight is 442 g/mol. The monoisotopic (exact) mass is 440 g/mol. The number of halogens is 2. The van der Waals surface area contributed by atoms with Crippen molar-refractivity contribution in [3.05, 3.63) is 50.5 Å². The van der Waals surface area contributed by atoms with Crippen LogP contribution < -0.4 is 20.1 Å². The van der Waals surface area contributed by atoms with E-state index in [9.17, 15) is 9.59 Å². The SMILES string of the molecule is COc1c(Cl)cc(Br)c(OC)c1C(=O)NC(=O)Nc1c(C)cccc1C. The van der Waals surface area contributed by atoms with Crippen LogP contribution in [-0.2, 0) is 0 Å². The number of ether oxygens (including phenoxy) is 2. The third kappa shape index (κ3) is 4.11. The molecule has 0 aliphatic carbocycles. The Morgan fingerprint density at radius 3 is 2.19 bits per heavy atom. The highest BCUT2D eigenvalue weighted by Gasteiger charge is 2.25. The van der Waals surface area contributed by atoms with E-state index in [1.807, 2.05) is 32.0 Å². The summed E-state index contributed by atoms with van der Waals surface area (Å²) in [6, 6.07) is 6.49. The standard InChI is InChI=1S/C18H18BrClN2O4/c1-9-6-5-7-10(2)14(9)21-18(24)22-17(23)13-15(25-3)11(19)8-12(20)16(13)26-4/h5-8H,1-4H3,(H2,21,22,23,24). The van der Waals surface area contributed by atoms with Crippen molar-refractivity contribution in [1.29, 1.82) is 0 Å². The number of benzene rings is 2. The second-order valence-electron chi connectivity index (χ2n) is 5.46. The zero-order valence-electron chi connectivity index (χ0n) is 14.7. The van der Waals surface area contributed by atoms with Crippen molar-refractivity contribution in [3.8, 4) is 11.5 Å². The molecule has 0 unspecified atom stereocenters. The number of imide groups is 1. The molecule has 0 aliphatic rings. The van der Waals surface area contributed by atoms with Crippen LogP contribution in [0.4, 0.5) is 10.5 Å². The molecule has 0 aromatic heterocycles. The first-order valence-electron chi connectivity index (χ1n) is 7.58. The molecule has 138 valence electrons. The second kappa shape index (κ2) is 8.42. The van der Waals surface area contributed by atoms with Crippen molar-refractivity contribution in [2.24, 2.45) is 0 Å². The Morgan fingerprint density at radius 1 is 1.08 bits per heavy atom. The van der Waals surface area contributed by atoms with Gasteiger partial charge in [0.05, 0.1) is 23.7 Å². The number of para-hydroxylation sites is 1. The van der Waals surface area contributed by atoms with Gasteiger partial charge in [-0.2, -0.15) is 0 Å². The molecule has 2 aromatic rings. The molecule has 3 amide bonds. The number of nitrogens with one attached hydrogen (secondary N) is 2. The number of hydrogen-bond donors (Lipinski definition) is 2. The Labute approximate surface area is 164 Å². The summed E-state index contributed by atoms with van der Waals surface area (Å²) >= 11 is 9.41. The van der Waals surface area contributed by atoms with Gasteiger partial charge in [-0.25, -0.2) is 4.79 Å². The molecule has 26 heavy (non-hydrogen) atoms. The molecule has 6 nitrogen and oxygen atoms in total. The number of urea groups is 1. The molecule has 0 atom stereocenters. The molecule has 0 radical (unpaired) electrons. The smallest absolute Gasteiger partial charge is 0.326 e. The topological polar surface area (TPSA) is 76.7 Å². The molecule has 0 saturated heterocycles. The first-order valence-corrected chi connectivity index (χ1v) is 8.75. The molecule has 8 heteroatoms. The van der Waals surface area contributed by atoms with E-state index < -0.39 is 11.9 Å². The molecule has 2 N–H and O–H groups in total. The molecule has 0 spiro atoms. The van der Waals surface area contributed by atoms with Gasteiger partial charge in [0.1, 0.15) is 11.3 Å². The van der Waals surface area contributed by atoms with E-state index in [0.717, 1.165) is 11.1 Å². The summed E-state index contributed by atoms with van der Waals surface area (Å²) in [5, 5.41) is 5.17. The van der Waals surface area contributed by atoms with Gasteiger partial charge < -0.3 is 14.8 Å². The van der Waals surface area contributed by atoms with Crippen molar-refractivity contribution in [2.45, 2.75) is 13.8 Å². The van der Waals surface area contributed by atoms with Crippen LogP contribution in [-0.4, -0.2) is 26.2 Å². The van der Waals surface area contributed by atoms with Crippen LogP contribution in [0.5, 0.6) is 11.5 Å². The highest BCUT2D eigenvalue weighted by molar-refractivity contribution is 9.10. The van der Waals surface area contributed by atoms with Gasteiger partial charge in [0.25, 0.3) is 5.91 Å². The van der Waals surface area contributed by atoms with Crippen LogP contribution in [0.25, 0.3) is 0 Å². The van der Waals surface area contributed by atoms with Crippen LogP contribution in [0.15, 0.2) is 28.7 Å². The largest absolute Gasteiger partial charge is 0.495 e. The van der Waals surface area contributed by atoms with Crippen molar-refractivity contribution >= 4 is 45.2 Å². The minimum atomic E-state index is -0.703. The quantitative estimate of drug-likeness (QED) is 0.721. The van der Waals surface area contributed by atoms with E-state index in [-0.39, 0.29) is 22.1 Å². The van der Waals surface area contributed by atoms with Gasteiger partial charge >= 0.3 is 6.03 Å². The number of aryl methyl sites for hydroxylation is 2. The summed E-state index contributed by atoms with van der Waals surface area (Å²) in [6.45, 7) is 3.73. The Morgan fingerprint density at radius 2 is 1.65 bits per heavy atom. The molecule has 0 aliphatic heterocycles. The van der Waals surface area contributed by atoms with E-state index in [4.69, 9.17) is 21.1 Å². The Balaban J connectivity index is 2.31. The van der Waals surface area contributed by atoms with E-state index in [2.05, 4.69) is 26.6 Å². The van der Waals surface area contributed by atoms with Crippen LogP contribution in [0.3, 0.4) is 0 Å². The highest BCUT2D eigenvalue weighted by atomic mass is 79.9. The van der Waals surface area contributed by atoms with E-state index in [1.54, 1.807) is 6.07 Å². The lowest BCUT2D eigenvalue weighted by atomic mass is 10.1. The summed E-state index contributed by atoms with van der Waals surface area (Å²) in [6.07, 6.45) is 0. The second-order valence-corrected chi connectivity index (χ2v) is 6.72. The van der Waals surface area contributed by atoms with Gasteiger partial charge in [0, 0.05) is 5.69 Å². The zero-order valence-corrected chi connectivity index (χ0v) is 17.0. The summed E-state index contributed by atoms with van der Waals surface area (Å²) in [5.41, 5.74) is 2.43. The fourth-order valence-corrected chi connectivity index (χ4v) is 3.51. The third-order valence-corrected chi connectivity index (χ3v) is 4.59. The Hall–Kier alpha value is -2.25. The van der Waals surface area contributed by atoms with Gasteiger partial charge in [0.2, 0.25) is 0 Å². The number of carbonyl (C=O) groups excluding carboxylic acids is 2. The normalized spacial score (nSPS) is 10.2. The number of methoxy groups -OCH3 is 2. The predicted molar refractivity (Wildman–Crippen MR) is 105 cm³/mol. The van der Waals surface area contributed by atoms with E-state index in [1.165, 1.54) is 14.2 Å². The first-order chi connectivity index (χ1) is 12.3. The number of amides is 3. The van der Waals surface area contributed by atoms with Crippen molar-refractivity contribution in [2.75, 3.05) is 19.5 Å². The van der Waals surface area contributed by atoms with Gasteiger partial charge in [-0.05, 0) is 47.0 Å². The maximum atomic E-state index is 12.7. The maximum Gasteiger partial charge on any atom is 0.326 e. The molecule has 2 aromatic carbocycles. The first kappa shape index (κ1) is 20.1. The number of anilines is 1. The number of carbonyl (C=O) groups is 2. The molecule has 0 fully saturated rings. The molecule has 0 heterocycles. The lowest BCUT2D eigenvalue weighted by molar-refractivity contribution is 0.0961. The zero-order chi connectivity index (χ0) is 19.4. The lowest BCUT2D eigenvalue weighted by Gasteiger charge is -2.16. The molecular formula is C18H18BrClN2O4. The number of rotatable bonds is 4. The fourth-order valence-electron chi connectivity index (χ4n) is 2.51.